The third-order valence-corrected chi connectivity index (χ3v) is 3.54. The Morgan fingerprint density at radius 1 is 1.15 bits per heavy atom. The highest BCUT2D eigenvalue weighted by Gasteiger charge is 2.04. The van der Waals surface area contributed by atoms with E-state index >= 15 is 0 Å². The van der Waals surface area contributed by atoms with Crippen LogP contribution in [-0.4, -0.2) is 12.4 Å². The molecule has 0 fully saturated rings. The summed E-state index contributed by atoms with van der Waals surface area (Å²) in [5, 5.41) is 7.86. The maximum absolute atomic E-state index is 7.34. The summed E-state index contributed by atoms with van der Waals surface area (Å²) >= 11 is 6.09. The van der Waals surface area contributed by atoms with Gasteiger partial charge < -0.3 is 10.5 Å². The molecular weight excluding hydrogens is 272 g/mol. The zero-order chi connectivity index (χ0) is 14.8. The Morgan fingerprint density at radius 2 is 1.80 bits per heavy atom. The van der Waals surface area contributed by atoms with Crippen molar-refractivity contribution in [2.75, 3.05) is 6.61 Å². The number of nitrogens with one attached hydrogen (secondary N) is 1. The van der Waals surface area contributed by atoms with Crippen molar-refractivity contribution in [3.8, 4) is 5.75 Å². The van der Waals surface area contributed by atoms with E-state index in [2.05, 4.69) is 6.92 Å². The predicted molar refractivity (Wildman–Crippen MR) is 86.0 cm³/mol. The number of nitrogen functional groups attached to an aromatic ring is 1. The van der Waals surface area contributed by atoms with Gasteiger partial charge in [-0.1, -0.05) is 57.0 Å². The van der Waals surface area contributed by atoms with E-state index in [1.54, 1.807) is 18.2 Å². The van der Waals surface area contributed by atoms with Gasteiger partial charge in [-0.3, -0.25) is 5.41 Å². The standard InChI is InChI=1S/C16H25ClN2O/c1-2-3-4-5-6-7-8-11-20-15-10-9-13(16(18)19)12-14(15)17/h9-10,12H,2-8,11H2,1H3,(H3,18,19). The minimum Gasteiger partial charge on any atom is -0.492 e. The van der Waals surface area contributed by atoms with Crippen molar-refractivity contribution in [2.24, 2.45) is 5.73 Å². The number of hydrogen-bond donors (Lipinski definition) is 2. The fourth-order valence-electron chi connectivity index (χ4n) is 2.03. The molecule has 0 saturated carbocycles. The van der Waals surface area contributed by atoms with E-state index in [-0.39, 0.29) is 5.84 Å². The van der Waals surface area contributed by atoms with Crippen LogP contribution in [0.3, 0.4) is 0 Å². The van der Waals surface area contributed by atoms with E-state index in [1.165, 1.54) is 38.5 Å². The summed E-state index contributed by atoms with van der Waals surface area (Å²) in [6.07, 6.45) is 8.83. The van der Waals surface area contributed by atoms with Crippen LogP contribution in [0.2, 0.25) is 5.02 Å². The van der Waals surface area contributed by atoms with Gasteiger partial charge in [0.05, 0.1) is 11.6 Å². The largest absolute Gasteiger partial charge is 0.492 e. The summed E-state index contributed by atoms with van der Waals surface area (Å²) < 4.78 is 5.66. The quantitative estimate of drug-likeness (QED) is 0.372. The summed E-state index contributed by atoms with van der Waals surface area (Å²) in [5.74, 6) is 0.688. The van der Waals surface area contributed by atoms with Crippen LogP contribution < -0.4 is 10.5 Å². The Bertz CT molecular complexity index is 421. The highest BCUT2D eigenvalue weighted by molar-refractivity contribution is 6.32. The molecule has 3 N–H and O–H groups in total. The summed E-state index contributed by atoms with van der Waals surface area (Å²) in [5.41, 5.74) is 6.03. The Hall–Kier alpha value is -1.22. The number of rotatable bonds is 10. The van der Waals surface area contributed by atoms with Gasteiger partial charge >= 0.3 is 0 Å². The first-order valence-corrected chi connectivity index (χ1v) is 7.79. The molecule has 112 valence electrons. The van der Waals surface area contributed by atoms with Gasteiger partial charge in [0.25, 0.3) is 0 Å². The molecule has 0 aliphatic carbocycles. The Labute approximate surface area is 127 Å². The van der Waals surface area contributed by atoms with Gasteiger partial charge in [0.2, 0.25) is 0 Å². The van der Waals surface area contributed by atoms with Crippen LogP contribution in [-0.2, 0) is 0 Å². The number of ether oxygens (including phenoxy) is 1. The molecule has 1 aromatic rings. The van der Waals surface area contributed by atoms with Crippen molar-refractivity contribution in [1.82, 2.24) is 0 Å². The van der Waals surface area contributed by atoms with Gasteiger partial charge in [0.15, 0.2) is 0 Å². The monoisotopic (exact) mass is 296 g/mol. The summed E-state index contributed by atoms with van der Waals surface area (Å²) in [7, 11) is 0. The molecule has 4 heteroatoms. The first-order chi connectivity index (χ1) is 9.65. The number of nitrogens with two attached hydrogens (primary N) is 1. The fraction of sp³-hybridized carbons (Fsp3) is 0.562. The number of hydrogen-bond acceptors (Lipinski definition) is 2. The number of amidine groups is 1. The number of benzene rings is 1. The molecule has 0 spiro atoms. The lowest BCUT2D eigenvalue weighted by molar-refractivity contribution is 0.304. The van der Waals surface area contributed by atoms with Gasteiger partial charge in [0, 0.05) is 5.56 Å². The van der Waals surface area contributed by atoms with E-state index in [0.717, 1.165) is 6.42 Å². The van der Waals surface area contributed by atoms with Crippen LogP contribution in [0, 0.1) is 5.41 Å². The van der Waals surface area contributed by atoms with Crippen LogP contribution >= 0.6 is 11.6 Å². The molecule has 0 bridgehead atoms. The van der Waals surface area contributed by atoms with E-state index < -0.39 is 0 Å². The Kier molecular flexibility index (Phi) is 8.12. The second kappa shape index (κ2) is 9.65. The lowest BCUT2D eigenvalue weighted by atomic mass is 10.1. The van der Waals surface area contributed by atoms with Crippen molar-refractivity contribution in [3.05, 3.63) is 28.8 Å². The van der Waals surface area contributed by atoms with Crippen LogP contribution in [0.15, 0.2) is 18.2 Å². The second-order valence-corrected chi connectivity index (χ2v) is 5.44. The van der Waals surface area contributed by atoms with Crippen LogP contribution in [0.25, 0.3) is 0 Å². The van der Waals surface area contributed by atoms with Crippen molar-refractivity contribution in [1.29, 1.82) is 5.41 Å². The third kappa shape index (κ3) is 6.29. The first kappa shape index (κ1) is 16.8. The van der Waals surface area contributed by atoms with Crippen molar-refractivity contribution in [3.63, 3.8) is 0 Å². The topological polar surface area (TPSA) is 59.1 Å². The minimum absolute atomic E-state index is 0.0190. The average Bonchev–Trinajstić information content (AvgIpc) is 2.43. The van der Waals surface area contributed by atoms with Crippen molar-refractivity contribution < 1.29 is 4.74 Å². The van der Waals surface area contributed by atoms with Gasteiger partial charge in [0.1, 0.15) is 11.6 Å². The lowest BCUT2D eigenvalue weighted by Gasteiger charge is -2.09. The molecule has 0 aromatic heterocycles. The Morgan fingerprint density at radius 3 is 2.40 bits per heavy atom. The fourth-order valence-corrected chi connectivity index (χ4v) is 2.26. The SMILES string of the molecule is CCCCCCCCCOc1ccc(C(=N)N)cc1Cl. The highest BCUT2D eigenvalue weighted by atomic mass is 35.5. The predicted octanol–water partition coefficient (Wildman–Crippen LogP) is 4.75. The molecule has 0 aliphatic heterocycles. The number of unbranched alkanes of at least 4 members (excludes halogenated alkanes) is 6. The summed E-state index contributed by atoms with van der Waals surface area (Å²) in [6.45, 7) is 2.92. The summed E-state index contributed by atoms with van der Waals surface area (Å²) in [4.78, 5) is 0. The minimum atomic E-state index is 0.0190. The molecule has 0 radical (unpaired) electrons. The molecule has 1 aromatic carbocycles. The van der Waals surface area contributed by atoms with Crippen molar-refractivity contribution >= 4 is 17.4 Å². The third-order valence-electron chi connectivity index (χ3n) is 3.25. The molecule has 0 saturated heterocycles. The molecule has 0 atom stereocenters. The zero-order valence-electron chi connectivity index (χ0n) is 12.3. The maximum Gasteiger partial charge on any atom is 0.137 e. The molecule has 0 heterocycles. The molecule has 20 heavy (non-hydrogen) atoms. The normalized spacial score (nSPS) is 10.5. The van der Waals surface area contributed by atoms with E-state index in [9.17, 15) is 0 Å². The molecule has 0 aliphatic rings. The molecule has 0 unspecified atom stereocenters. The van der Waals surface area contributed by atoms with Gasteiger partial charge in [-0.2, -0.15) is 0 Å². The lowest BCUT2D eigenvalue weighted by Crippen LogP contribution is -2.10. The smallest absolute Gasteiger partial charge is 0.137 e. The van der Waals surface area contributed by atoms with Crippen LogP contribution in [0.4, 0.5) is 0 Å². The molecule has 0 amide bonds. The molecule has 1 rings (SSSR count). The van der Waals surface area contributed by atoms with E-state index in [4.69, 9.17) is 27.5 Å². The van der Waals surface area contributed by atoms with Crippen LogP contribution in [0.1, 0.15) is 57.4 Å². The Balaban J connectivity index is 2.20. The van der Waals surface area contributed by atoms with Gasteiger partial charge in [-0.15, -0.1) is 0 Å². The molecular formula is C16H25ClN2O. The van der Waals surface area contributed by atoms with E-state index in [0.29, 0.717) is 22.9 Å². The van der Waals surface area contributed by atoms with E-state index in [1.807, 2.05) is 0 Å². The molecule has 3 nitrogen and oxygen atoms in total. The maximum atomic E-state index is 7.34. The van der Waals surface area contributed by atoms with Crippen molar-refractivity contribution in [2.45, 2.75) is 51.9 Å². The summed E-state index contributed by atoms with van der Waals surface area (Å²) in [6, 6.07) is 5.21. The van der Waals surface area contributed by atoms with Gasteiger partial charge in [-0.05, 0) is 24.6 Å². The van der Waals surface area contributed by atoms with Crippen LogP contribution in [0.5, 0.6) is 5.75 Å². The number of halogens is 1. The first-order valence-electron chi connectivity index (χ1n) is 7.42. The zero-order valence-corrected chi connectivity index (χ0v) is 13.0. The average molecular weight is 297 g/mol. The highest BCUT2D eigenvalue weighted by Crippen LogP contribution is 2.25. The second-order valence-electron chi connectivity index (χ2n) is 5.03. The van der Waals surface area contributed by atoms with Gasteiger partial charge in [-0.25, -0.2) is 0 Å².